The van der Waals surface area contributed by atoms with Gasteiger partial charge >= 0.3 is 0 Å². The van der Waals surface area contributed by atoms with E-state index in [1.165, 1.54) is 0 Å². The van der Waals surface area contributed by atoms with Crippen LogP contribution in [0.1, 0.15) is 5.82 Å². The molecule has 0 aliphatic heterocycles. The standard InChI is InChI=1S/C14H11Cl2N3O/c1-20-13-6-9(2-3-10(13)16)19-12-4-5-17-8-11(12)18-14(19)7-15/h2-6,8H,7H2,1H3. The molecule has 0 amide bonds. The lowest BCUT2D eigenvalue weighted by Gasteiger charge is -2.10. The Kier molecular flexibility index (Phi) is 3.51. The highest BCUT2D eigenvalue weighted by molar-refractivity contribution is 6.32. The number of benzene rings is 1. The van der Waals surface area contributed by atoms with Crippen molar-refractivity contribution in [1.29, 1.82) is 0 Å². The number of nitrogens with zero attached hydrogens (tertiary/aromatic N) is 3. The Hall–Kier alpha value is -1.78. The normalized spacial score (nSPS) is 10.9. The Morgan fingerprint density at radius 1 is 1.30 bits per heavy atom. The van der Waals surface area contributed by atoms with Crippen molar-refractivity contribution in [1.82, 2.24) is 14.5 Å². The average molecular weight is 308 g/mol. The molecule has 6 heteroatoms. The van der Waals surface area contributed by atoms with Crippen molar-refractivity contribution in [2.75, 3.05) is 7.11 Å². The van der Waals surface area contributed by atoms with Crippen molar-refractivity contribution in [2.24, 2.45) is 0 Å². The van der Waals surface area contributed by atoms with E-state index >= 15 is 0 Å². The second kappa shape index (κ2) is 5.31. The van der Waals surface area contributed by atoms with Gasteiger partial charge in [-0.1, -0.05) is 11.6 Å². The number of methoxy groups -OCH3 is 1. The van der Waals surface area contributed by atoms with Crippen molar-refractivity contribution < 1.29 is 4.74 Å². The van der Waals surface area contributed by atoms with Crippen LogP contribution in [0.5, 0.6) is 5.75 Å². The molecule has 0 aliphatic rings. The van der Waals surface area contributed by atoms with Crippen molar-refractivity contribution in [2.45, 2.75) is 5.88 Å². The summed E-state index contributed by atoms with van der Waals surface area (Å²) in [6.45, 7) is 0. The summed E-state index contributed by atoms with van der Waals surface area (Å²) in [5, 5.41) is 0.565. The van der Waals surface area contributed by atoms with Crippen LogP contribution in [-0.2, 0) is 5.88 Å². The lowest BCUT2D eigenvalue weighted by Crippen LogP contribution is -2.00. The molecule has 0 saturated heterocycles. The average Bonchev–Trinajstić information content (AvgIpc) is 2.86. The number of pyridine rings is 1. The molecule has 20 heavy (non-hydrogen) atoms. The molecule has 2 aromatic heterocycles. The number of fused-ring (bicyclic) bond motifs is 1. The molecule has 0 aliphatic carbocycles. The highest BCUT2D eigenvalue weighted by Crippen LogP contribution is 2.29. The molecule has 0 atom stereocenters. The van der Waals surface area contributed by atoms with Crippen molar-refractivity contribution in [3.63, 3.8) is 0 Å². The molecule has 3 aromatic rings. The van der Waals surface area contributed by atoms with E-state index in [1.54, 1.807) is 25.6 Å². The first-order valence-corrected chi connectivity index (χ1v) is 6.87. The summed E-state index contributed by atoms with van der Waals surface area (Å²) in [7, 11) is 1.59. The van der Waals surface area contributed by atoms with Gasteiger partial charge in [0.05, 0.1) is 35.4 Å². The number of alkyl halides is 1. The van der Waals surface area contributed by atoms with Crippen molar-refractivity contribution in [3.8, 4) is 11.4 Å². The molecular formula is C14H11Cl2N3O. The van der Waals surface area contributed by atoms with E-state index in [9.17, 15) is 0 Å². The van der Waals surface area contributed by atoms with Crippen LogP contribution in [0.3, 0.4) is 0 Å². The zero-order chi connectivity index (χ0) is 14.1. The predicted octanol–water partition coefficient (Wildman–Crippen LogP) is 3.82. The molecule has 1 aromatic carbocycles. The van der Waals surface area contributed by atoms with Gasteiger partial charge in [-0.25, -0.2) is 4.98 Å². The summed E-state index contributed by atoms with van der Waals surface area (Å²) in [6, 6.07) is 7.46. The number of hydrogen-bond donors (Lipinski definition) is 0. The predicted molar refractivity (Wildman–Crippen MR) is 80.0 cm³/mol. The molecule has 0 bridgehead atoms. The van der Waals surface area contributed by atoms with Gasteiger partial charge in [0.25, 0.3) is 0 Å². The number of hydrogen-bond acceptors (Lipinski definition) is 3. The van der Waals surface area contributed by atoms with Gasteiger partial charge in [0.1, 0.15) is 17.1 Å². The maximum atomic E-state index is 6.06. The summed E-state index contributed by atoms with van der Waals surface area (Å²) in [5.74, 6) is 1.67. The minimum absolute atomic E-state index is 0.305. The second-order valence-corrected chi connectivity index (χ2v) is 4.85. The van der Waals surface area contributed by atoms with Crippen LogP contribution in [0, 0.1) is 0 Å². The molecule has 0 unspecified atom stereocenters. The molecule has 0 fully saturated rings. The van der Waals surface area contributed by atoms with E-state index in [0.717, 1.165) is 22.5 Å². The lowest BCUT2D eigenvalue weighted by molar-refractivity contribution is 0.415. The summed E-state index contributed by atoms with van der Waals surface area (Å²) in [5.41, 5.74) is 2.65. The molecule has 3 rings (SSSR count). The zero-order valence-electron chi connectivity index (χ0n) is 10.7. The first-order chi connectivity index (χ1) is 9.74. The number of rotatable bonds is 3. The molecule has 0 saturated carbocycles. The topological polar surface area (TPSA) is 39.9 Å². The fraction of sp³-hybridized carbons (Fsp3) is 0.143. The Morgan fingerprint density at radius 2 is 2.15 bits per heavy atom. The monoisotopic (exact) mass is 307 g/mol. The molecule has 4 nitrogen and oxygen atoms in total. The number of ether oxygens (including phenoxy) is 1. The molecule has 0 radical (unpaired) electrons. The van der Waals surface area contributed by atoms with Crippen molar-refractivity contribution >= 4 is 34.2 Å². The third-order valence-electron chi connectivity index (χ3n) is 3.04. The van der Waals surface area contributed by atoms with Crippen LogP contribution in [0.4, 0.5) is 0 Å². The number of halogens is 2. The van der Waals surface area contributed by atoms with E-state index < -0.39 is 0 Å². The van der Waals surface area contributed by atoms with Crippen LogP contribution in [-0.4, -0.2) is 21.6 Å². The van der Waals surface area contributed by atoms with Crippen LogP contribution in [0.25, 0.3) is 16.7 Å². The van der Waals surface area contributed by atoms with Gasteiger partial charge in [0, 0.05) is 12.3 Å². The first kappa shape index (κ1) is 13.2. The SMILES string of the molecule is COc1cc(-n2c(CCl)nc3cnccc32)ccc1Cl. The third kappa shape index (κ3) is 2.11. The van der Waals surface area contributed by atoms with E-state index in [2.05, 4.69) is 9.97 Å². The van der Waals surface area contributed by atoms with E-state index in [1.807, 2.05) is 22.8 Å². The Balaban J connectivity index is 2.28. The van der Waals surface area contributed by atoms with Crippen LogP contribution < -0.4 is 4.74 Å². The largest absolute Gasteiger partial charge is 0.495 e. The van der Waals surface area contributed by atoms with Gasteiger partial charge < -0.3 is 4.74 Å². The van der Waals surface area contributed by atoms with E-state index in [-0.39, 0.29) is 0 Å². The summed E-state index contributed by atoms with van der Waals surface area (Å²) in [4.78, 5) is 8.56. The fourth-order valence-electron chi connectivity index (χ4n) is 2.15. The van der Waals surface area contributed by atoms with E-state index in [4.69, 9.17) is 27.9 Å². The second-order valence-electron chi connectivity index (χ2n) is 4.18. The highest BCUT2D eigenvalue weighted by atomic mass is 35.5. The quantitative estimate of drug-likeness (QED) is 0.691. The Bertz CT molecular complexity index is 770. The lowest BCUT2D eigenvalue weighted by atomic mass is 10.3. The van der Waals surface area contributed by atoms with Crippen LogP contribution >= 0.6 is 23.2 Å². The summed E-state index contributed by atoms with van der Waals surface area (Å²) < 4.78 is 7.23. The fourth-order valence-corrected chi connectivity index (χ4v) is 2.52. The maximum absolute atomic E-state index is 6.06. The smallest absolute Gasteiger partial charge is 0.139 e. The van der Waals surface area contributed by atoms with Crippen LogP contribution in [0.15, 0.2) is 36.7 Å². The molecule has 0 N–H and O–H groups in total. The molecule has 0 spiro atoms. The first-order valence-electron chi connectivity index (χ1n) is 5.96. The molecule has 102 valence electrons. The molecule has 2 heterocycles. The van der Waals surface area contributed by atoms with Crippen molar-refractivity contribution in [3.05, 3.63) is 47.5 Å². The van der Waals surface area contributed by atoms with Gasteiger partial charge in [0.2, 0.25) is 0 Å². The molecular weight excluding hydrogens is 297 g/mol. The summed E-state index contributed by atoms with van der Waals surface area (Å²) in [6.07, 6.45) is 3.45. The third-order valence-corrected chi connectivity index (χ3v) is 3.59. The minimum Gasteiger partial charge on any atom is -0.495 e. The number of imidazole rings is 1. The highest BCUT2D eigenvalue weighted by Gasteiger charge is 2.13. The number of aromatic nitrogens is 3. The zero-order valence-corrected chi connectivity index (χ0v) is 12.2. The minimum atomic E-state index is 0.305. The van der Waals surface area contributed by atoms with Crippen LogP contribution in [0.2, 0.25) is 5.02 Å². The van der Waals surface area contributed by atoms with Gasteiger partial charge in [-0.05, 0) is 18.2 Å². The summed E-state index contributed by atoms with van der Waals surface area (Å²) >= 11 is 12.1. The maximum Gasteiger partial charge on any atom is 0.139 e. The van der Waals surface area contributed by atoms with Gasteiger partial charge in [-0.3, -0.25) is 9.55 Å². The van der Waals surface area contributed by atoms with Gasteiger partial charge in [0.15, 0.2) is 0 Å². The van der Waals surface area contributed by atoms with E-state index in [0.29, 0.717) is 16.7 Å². The Morgan fingerprint density at radius 3 is 2.90 bits per heavy atom. The van der Waals surface area contributed by atoms with Gasteiger partial charge in [-0.15, -0.1) is 11.6 Å². The Labute approximate surface area is 125 Å². The van der Waals surface area contributed by atoms with Gasteiger partial charge in [-0.2, -0.15) is 0 Å².